The highest BCUT2D eigenvalue weighted by Crippen LogP contribution is 2.39. The molecule has 0 aliphatic heterocycles. The van der Waals surface area contributed by atoms with E-state index in [4.69, 9.17) is 0 Å². The van der Waals surface area contributed by atoms with Gasteiger partial charge in [0.2, 0.25) is 0 Å². The second-order valence-corrected chi connectivity index (χ2v) is 6.73. The van der Waals surface area contributed by atoms with Crippen LogP contribution in [0.25, 0.3) is 0 Å². The van der Waals surface area contributed by atoms with Crippen molar-refractivity contribution < 1.29 is 0 Å². The number of hydrogen-bond acceptors (Lipinski definition) is 0. The summed E-state index contributed by atoms with van der Waals surface area (Å²) in [5.74, 6) is 0. The molecule has 0 N–H and O–H groups in total. The van der Waals surface area contributed by atoms with Crippen LogP contribution in [-0.2, 0) is 0 Å². The molecular weight excluding hydrogens is 151 g/mol. The summed E-state index contributed by atoms with van der Waals surface area (Å²) in [5.41, 5.74) is 0.593. The summed E-state index contributed by atoms with van der Waals surface area (Å²) in [5, 5.41) is 0. The minimum atomic E-state index is 0.325. The van der Waals surface area contributed by atoms with Crippen LogP contribution in [0.4, 0.5) is 0 Å². The lowest BCUT2D eigenvalue weighted by atomic mass is 9.93. The third-order valence-corrected chi connectivity index (χ3v) is 4.87. The van der Waals surface area contributed by atoms with Crippen molar-refractivity contribution in [1.29, 1.82) is 0 Å². The Morgan fingerprint density at radius 2 is 1.73 bits per heavy atom. The molecule has 0 aliphatic rings. The molecule has 0 bridgehead atoms. The van der Waals surface area contributed by atoms with Crippen LogP contribution < -0.4 is 0 Å². The summed E-state index contributed by atoms with van der Waals surface area (Å²) in [4.78, 5) is 0. The van der Waals surface area contributed by atoms with Gasteiger partial charge in [-0.2, -0.15) is 0 Å². The van der Waals surface area contributed by atoms with Gasteiger partial charge in [0, 0.05) is 0 Å². The summed E-state index contributed by atoms with van der Waals surface area (Å²) in [6.07, 6.45) is 5.59. The Hall–Kier alpha value is 0.430. The van der Waals surface area contributed by atoms with Crippen LogP contribution in [0, 0.1) is 5.41 Å². The van der Waals surface area contributed by atoms with Crippen molar-refractivity contribution in [2.75, 3.05) is 19.0 Å². The largest absolute Gasteiger partial charge is 0.109 e. The topological polar surface area (TPSA) is 0 Å². The Morgan fingerprint density at radius 3 is 2.09 bits per heavy atom. The maximum Gasteiger partial charge on any atom is -0.0277 e. The minimum Gasteiger partial charge on any atom is -0.109 e. The molecule has 68 valence electrons. The fourth-order valence-electron chi connectivity index (χ4n) is 1.30. The first-order chi connectivity index (χ1) is 5.02. The van der Waals surface area contributed by atoms with Gasteiger partial charge in [0.1, 0.15) is 0 Å². The van der Waals surface area contributed by atoms with E-state index < -0.39 is 0 Å². The van der Waals surface area contributed by atoms with E-state index in [1.54, 1.807) is 0 Å². The highest BCUT2D eigenvalue weighted by Gasteiger charge is 2.17. The normalized spacial score (nSPS) is 15.0. The Kier molecular flexibility index (Phi) is 5.34. The quantitative estimate of drug-likeness (QED) is 0.554. The highest BCUT2D eigenvalue weighted by atomic mass is 31.1. The molecule has 0 saturated heterocycles. The van der Waals surface area contributed by atoms with Crippen molar-refractivity contribution >= 4 is 7.92 Å². The van der Waals surface area contributed by atoms with Crippen LogP contribution in [0.3, 0.4) is 0 Å². The molecular formula is C10H23P. The van der Waals surface area contributed by atoms with Gasteiger partial charge in [-0.1, -0.05) is 40.5 Å². The van der Waals surface area contributed by atoms with E-state index in [0.29, 0.717) is 13.3 Å². The van der Waals surface area contributed by atoms with Gasteiger partial charge in [-0.05, 0) is 24.4 Å². The van der Waals surface area contributed by atoms with E-state index >= 15 is 0 Å². The molecule has 0 radical (unpaired) electrons. The van der Waals surface area contributed by atoms with Crippen molar-refractivity contribution in [2.45, 2.75) is 40.5 Å². The van der Waals surface area contributed by atoms with Gasteiger partial charge in [-0.25, -0.2) is 0 Å². The molecule has 0 aromatic rings. The van der Waals surface area contributed by atoms with Crippen LogP contribution >= 0.6 is 7.92 Å². The first-order valence-corrected chi connectivity index (χ1v) is 6.86. The Labute approximate surface area is 73.5 Å². The van der Waals surface area contributed by atoms with E-state index in [1.807, 2.05) is 0 Å². The van der Waals surface area contributed by atoms with E-state index in [2.05, 4.69) is 34.4 Å². The number of rotatable bonds is 5. The summed E-state index contributed by atoms with van der Waals surface area (Å²) in [7, 11) is 0.325. The number of hydrogen-bond donors (Lipinski definition) is 0. The Morgan fingerprint density at radius 1 is 1.18 bits per heavy atom. The zero-order valence-electron chi connectivity index (χ0n) is 8.78. The van der Waals surface area contributed by atoms with Crippen molar-refractivity contribution in [1.82, 2.24) is 0 Å². The molecule has 11 heavy (non-hydrogen) atoms. The third-order valence-electron chi connectivity index (χ3n) is 2.26. The molecule has 0 aromatic heterocycles. The molecule has 0 saturated carbocycles. The van der Waals surface area contributed by atoms with Crippen LogP contribution in [0.1, 0.15) is 40.5 Å². The smallest absolute Gasteiger partial charge is 0.0277 e. The zero-order valence-corrected chi connectivity index (χ0v) is 9.67. The van der Waals surface area contributed by atoms with Gasteiger partial charge in [0.15, 0.2) is 0 Å². The summed E-state index contributed by atoms with van der Waals surface area (Å²) < 4.78 is 0. The zero-order chi connectivity index (χ0) is 8.91. The molecule has 0 rings (SSSR count). The predicted molar refractivity (Wildman–Crippen MR) is 56.9 cm³/mol. The minimum absolute atomic E-state index is 0.325. The molecule has 0 heterocycles. The van der Waals surface area contributed by atoms with Crippen molar-refractivity contribution in [3.8, 4) is 0 Å². The van der Waals surface area contributed by atoms with Crippen molar-refractivity contribution in [2.24, 2.45) is 5.41 Å². The maximum absolute atomic E-state index is 2.44. The van der Waals surface area contributed by atoms with E-state index in [-0.39, 0.29) is 0 Å². The lowest BCUT2D eigenvalue weighted by Crippen LogP contribution is -2.14. The second-order valence-electron chi connectivity index (χ2n) is 4.26. The maximum atomic E-state index is 2.44. The van der Waals surface area contributed by atoms with E-state index in [9.17, 15) is 0 Å². The average molecular weight is 174 g/mol. The molecule has 0 fully saturated rings. The second kappa shape index (κ2) is 5.14. The van der Waals surface area contributed by atoms with Gasteiger partial charge in [0.25, 0.3) is 0 Å². The van der Waals surface area contributed by atoms with Gasteiger partial charge >= 0.3 is 0 Å². The lowest BCUT2D eigenvalue weighted by Gasteiger charge is -2.26. The monoisotopic (exact) mass is 174 g/mol. The molecule has 0 aromatic carbocycles. The van der Waals surface area contributed by atoms with Crippen LogP contribution in [0.5, 0.6) is 0 Å². The SMILES string of the molecule is CCCP(C)CC(C)(C)CC. The van der Waals surface area contributed by atoms with Gasteiger partial charge in [0.05, 0.1) is 0 Å². The molecule has 0 spiro atoms. The first-order valence-electron chi connectivity index (χ1n) is 4.70. The van der Waals surface area contributed by atoms with E-state index in [1.165, 1.54) is 25.2 Å². The van der Waals surface area contributed by atoms with Crippen LogP contribution in [0.2, 0.25) is 0 Å². The molecule has 1 heteroatoms. The predicted octanol–water partition coefficient (Wildman–Crippen LogP) is 3.94. The van der Waals surface area contributed by atoms with Crippen LogP contribution in [0.15, 0.2) is 0 Å². The molecule has 1 unspecified atom stereocenters. The summed E-state index contributed by atoms with van der Waals surface area (Å²) in [6, 6.07) is 0. The van der Waals surface area contributed by atoms with Crippen molar-refractivity contribution in [3.05, 3.63) is 0 Å². The van der Waals surface area contributed by atoms with Crippen molar-refractivity contribution in [3.63, 3.8) is 0 Å². The standard InChI is InChI=1S/C10H23P/c1-6-8-11(5)9-10(3,4)7-2/h6-9H2,1-5H3. The highest BCUT2D eigenvalue weighted by molar-refractivity contribution is 7.56. The summed E-state index contributed by atoms with van der Waals surface area (Å²) >= 11 is 0. The molecule has 0 aliphatic carbocycles. The van der Waals surface area contributed by atoms with E-state index in [0.717, 1.165) is 0 Å². The lowest BCUT2D eigenvalue weighted by molar-refractivity contribution is 0.405. The van der Waals surface area contributed by atoms with Gasteiger partial charge in [-0.3, -0.25) is 0 Å². The molecule has 0 nitrogen and oxygen atoms in total. The fraction of sp³-hybridized carbons (Fsp3) is 1.00. The first kappa shape index (κ1) is 11.4. The average Bonchev–Trinajstić information content (AvgIpc) is 1.87. The summed E-state index contributed by atoms with van der Waals surface area (Å²) in [6.45, 7) is 11.8. The molecule has 1 atom stereocenters. The molecule has 0 amide bonds. The van der Waals surface area contributed by atoms with Crippen LogP contribution in [-0.4, -0.2) is 19.0 Å². The third kappa shape index (κ3) is 5.67. The fourth-order valence-corrected chi connectivity index (χ4v) is 3.91. The Balaban J connectivity index is 3.64. The van der Waals surface area contributed by atoms with Gasteiger partial charge in [-0.15, -0.1) is 7.92 Å². The van der Waals surface area contributed by atoms with Gasteiger partial charge < -0.3 is 0 Å². The Bertz CT molecular complexity index is 97.0.